The predicted molar refractivity (Wildman–Crippen MR) is 79.3 cm³/mol. The van der Waals surface area contributed by atoms with E-state index in [1.807, 2.05) is 12.3 Å². The van der Waals surface area contributed by atoms with Crippen LogP contribution in [0.1, 0.15) is 41.3 Å². The fourth-order valence-electron chi connectivity index (χ4n) is 2.86. The molecule has 20 heavy (non-hydrogen) atoms. The Labute approximate surface area is 118 Å². The third kappa shape index (κ3) is 2.16. The molecular formula is C17H17NO2. The van der Waals surface area contributed by atoms with Gasteiger partial charge in [0.2, 0.25) is 0 Å². The first-order valence-electron chi connectivity index (χ1n) is 6.85. The van der Waals surface area contributed by atoms with Crippen molar-refractivity contribution in [2.24, 2.45) is 0 Å². The molecule has 0 atom stereocenters. The van der Waals surface area contributed by atoms with Gasteiger partial charge in [-0.2, -0.15) is 0 Å². The molecule has 0 spiro atoms. The van der Waals surface area contributed by atoms with Gasteiger partial charge in [-0.1, -0.05) is 18.2 Å². The largest absolute Gasteiger partial charge is 0.478 e. The normalized spacial score (nSPS) is 17.4. The minimum Gasteiger partial charge on any atom is -0.478 e. The van der Waals surface area contributed by atoms with E-state index < -0.39 is 5.97 Å². The molecule has 0 radical (unpaired) electrons. The summed E-state index contributed by atoms with van der Waals surface area (Å²) in [5.74, 6) is -0.870. The Morgan fingerprint density at radius 1 is 1.35 bits per heavy atom. The summed E-state index contributed by atoms with van der Waals surface area (Å²) in [6, 6.07) is 5.46. The van der Waals surface area contributed by atoms with Gasteiger partial charge in [-0.05, 0) is 66.8 Å². The van der Waals surface area contributed by atoms with Crippen LogP contribution < -0.4 is 5.32 Å². The van der Waals surface area contributed by atoms with Crippen molar-refractivity contribution in [1.29, 1.82) is 0 Å². The zero-order valence-electron chi connectivity index (χ0n) is 11.4. The number of hydrogen-bond donors (Lipinski definition) is 2. The number of carbonyl (C=O) groups is 1. The highest BCUT2D eigenvalue weighted by molar-refractivity contribution is 5.91. The molecular weight excluding hydrogens is 250 g/mol. The van der Waals surface area contributed by atoms with Crippen LogP contribution in [0.5, 0.6) is 0 Å². The molecule has 1 aliphatic carbocycles. The van der Waals surface area contributed by atoms with E-state index in [1.54, 1.807) is 12.1 Å². The quantitative estimate of drug-likeness (QED) is 0.862. The SMILES string of the molecule is CC1=C(C2=CCCc3ccc(C(=O)O)cc32)CC=CN1. The number of carboxylic acids is 1. The van der Waals surface area contributed by atoms with E-state index in [0.29, 0.717) is 5.56 Å². The third-order valence-electron chi connectivity index (χ3n) is 3.93. The second-order valence-electron chi connectivity index (χ2n) is 5.19. The predicted octanol–water partition coefficient (Wildman–Crippen LogP) is 3.50. The Morgan fingerprint density at radius 3 is 2.95 bits per heavy atom. The maximum atomic E-state index is 11.2. The van der Waals surface area contributed by atoms with Crippen LogP contribution in [0.25, 0.3) is 5.57 Å². The highest BCUT2D eigenvalue weighted by Gasteiger charge is 2.19. The van der Waals surface area contributed by atoms with Crippen molar-refractivity contribution in [2.45, 2.75) is 26.2 Å². The summed E-state index contributed by atoms with van der Waals surface area (Å²) in [5.41, 5.74) is 6.26. The van der Waals surface area contributed by atoms with Crippen LogP contribution in [0.2, 0.25) is 0 Å². The molecule has 0 aromatic heterocycles. The van der Waals surface area contributed by atoms with Crippen LogP contribution in [-0.2, 0) is 6.42 Å². The standard InChI is InChI=1S/C17H17NO2/c1-11-14(6-3-9-18-11)15-5-2-4-12-7-8-13(17(19)20)10-16(12)15/h3,5,7-10,18H,2,4,6H2,1H3,(H,19,20). The summed E-state index contributed by atoms with van der Waals surface area (Å²) in [5, 5.41) is 12.4. The van der Waals surface area contributed by atoms with Crippen molar-refractivity contribution in [3.8, 4) is 0 Å². The van der Waals surface area contributed by atoms with Crippen LogP contribution >= 0.6 is 0 Å². The van der Waals surface area contributed by atoms with Crippen molar-refractivity contribution < 1.29 is 9.90 Å². The van der Waals surface area contributed by atoms with E-state index in [2.05, 4.69) is 24.4 Å². The van der Waals surface area contributed by atoms with Gasteiger partial charge in [0.05, 0.1) is 5.56 Å². The number of nitrogens with one attached hydrogen (secondary N) is 1. The first-order chi connectivity index (χ1) is 9.66. The number of carboxylic acid groups (broad SMARTS) is 1. The average Bonchev–Trinajstić information content (AvgIpc) is 2.46. The molecule has 1 aliphatic heterocycles. The van der Waals surface area contributed by atoms with Gasteiger partial charge in [0, 0.05) is 5.70 Å². The molecule has 3 nitrogen and oxygen atoms in total. The lowest BCUT2D eigenvalue weighted by atomic mass is 9.83. The van der Waals surface area contributed by atoms with Gasteiger partial charge in [0.1, 0.15) is 0 Å². The van der Waals surface area contributed by atoms with E-state index in [4.69, 9.17) is 0 Å². The number of hydrogen-bond acceptors (Lipinski definition) is 2. The zero-order valence-corrected chi connectivity index (χ0v) is 11.4. The van der Waals surface area contributed by atoms with Gasteiger partial charge in [-0.15, -0.1) is 0 Å². The van der Waals surface area contributed by atoms with E-state index in [0.717, 1.165) is 30.5 Å². The highest BCUT2D eigenvalue weighted by atomic mass is 16.4. The molecule has 2 aliphatic rings. The second kappa shape index (κ2) is 5.00. The second-order valence-corrected chi connectivity index (χ2v) is 5.19. The van der Waals surface area contributed by atoms with E-state index in [1.165, 1.54) is 16.7 Å². The summed E-state index contributed by atoms with van der Waals surface area (Å²) in [7, 11) is 0. The Morgan fingerprint density at radius 2 is 2.20 bits per heavy atom. The van der Waals surface area contributed by atoms with Gasteiger partial charge >= 0.3 is 5.97 Å². The van der Waals surface area contributed by atoms with Crippen LogP contribution in [0.3, 0.4) is 0 Å². The number of aryl methyl sites for hydroxylation is 1. The number of aromatic carboxylic acids is 1. The van der Waals surface area contributed by atoms with E-state index in [-0.39, 0.29) is 0 Å². The fourth-order valence-corrected chi connectivity index (χ4v) is 2.86. The first kappa shape index (κ1) is 12.7. The molecule has 0 fully saturated rings. The van der Waals surface area contributed by atoms with Crippen molar-refractivity contribution in [3.05, 3.63) is 64.5 Å². The topological polar surface area (TPSA) is 49.3 Å². The molecule has 102 valence electrons. The molecule has 0 unspecified atom stereocenters. The molecule has 3 rings (SSSR count). The molecule has 0 saturated carbocycles. The van der Waals surface area contributed by atoms with Crippen molar-refractivity contribution >= 4 is 11.5 Å². The molecule has 2 N–H and O–H groups in total. The summed E-state index contributed by atoms with van der Waals surface area (Å²) < 4.78 is 0. The summed E-state index contributed by atoms with van der Waals surface area (Å²) in [6.07, 6.45) is 9.16. The lowest BCUT2D eigenvalue weighted by molar-refractivity contribution is 0.0697. The van der Waals surface area contributed by atoms with Crippen LogP contribution in [0.4, 0.5) is 0 Å². The Balaban J connectivity index is 2.09. The number of benzene rings is 1. The van der Waals surface area contributed by atoms with Crippen LogP contribution in [0.15, 0.2) is 47.8 Å². The molecule has 1 aromatic carbocycles. The van der Waals surface area contributed by atoms with Gasteiger partial charge in [0.15, 0.2) is 0 Å². The Kier molecular flexibility index (Phi) is 3.18. The van der Waals surface area contributed by atoms with Crippen molar-refractivity contribution in [3.63, 3.8) is 0 Å². The molecule has 0 bridgehead atoms. The number of allylic oxidation sites excluding steroid dienone is 5. The van der Waals surface area contributed by atoms with Crippen molar-refractivity contribution in [2.75, 3.05) is 0 Å². The zero-order chi connectivity index (χ0) is 14.1. The number of fused-ring (bicyclic) bond motifs is 1. The van der Waals surface area contributed by atoms with Gasteiger partial charge in [-0.25, -0.2) is 4.79 Å². The van der Waals surface area contributed by atoms with E-state index in [9.17, 15) is 9.90 Å². The van der Waals surface area contributed by atoms with Gasteiger partial charge < -0.3 is 10.4 Å². The minimum atomic E-state index is -0.870. The van der Waals surface area contributed by atoms with Crippen LogP contribution in [0, 0.1) is 0 Å². The van der Waals surface area contributed by atoms with E-state index >= 15 is 0 Å². The smallest absolute Gasteiger partial charge is 0.335 e. The third-order valence-corrected chi connectivity index (χ3v) is 3.93. The Bertz CT molecular complexity index is 666. The fraction of sp³-hybridized carbons (Fsp3) is 0.235. The molecule has 1 aromatic rings. The van der Waals surface area contributed by atoms with Gasteiger partial charge in [0.25, 0.3) is 0 Å². The van der Waals surface area contributed by atoms with Crippen molar-refractivity contribution in [1.82, 2.24) is 5.32 Å². The summed E-state index contributed by atoms with van der Waals surface area (Å²) >= 11 is 0. The summed E-state index contributed by atoms with van der Waals surface area (Å²) in [6.45, 7) is 2.06. The maximum Gasteiger partial charge on any atom is 0.335 e. The summed E-state index contributed by atoms with van der Waals surface area (Å²) in [4.78, 5) is 11.2. The monoisotopic (exact) mass is 267 g/mol. The lowest BCUT2D eigenvalue weighted by Crippen LogP contribution is -2.12. The van der Waals surface area contributed by atoms with Crippen LogP contribution in [-0.4, -0.2) is 11.1 Å². The minimum absolute atomic E-state index is 0.356. The average molecular weight is 267 g/mol. The molecule has 0 saturated heterocycles. The lowest BCUT2D eigenvalue weighted by Gasteiger charge is -2.23. The molecule has 1 heterocycles. The number of rotatable bonds is 2. The highest BCUT2D eigenvalue weighted by Crippen LogP contribution is 2.35. The molecule has 3 heteroatoms. The maximum absolute atomic E-state index is 11.2. The number of dihydropyridines is 1. The molecule has 0 amide bonds. The Hall–Kier alpha value is -2.29. The first-order valence-corrected chi connectivity index (χ1v) is 6.85. The van der Waals surface area contributed by atoms with Gasteiger partial charge in [-0.3, -0.25) is 0 Å².